The maximum absolute atomic E-state index is 5.43. The van der Waals surface area contributed by atoms with E-state index in [9.17, 15) is 0 Å². The molecule has 0 amide bonds. The minimum Gasteiger partial charge on any atom is -0.380 e. The van der Waals surface area contributed by atoms with Crippen LogP contribution in [0.4, 0.5) is 0 Å². The van der Waals surface area contributed by atoms with Gasteiger partial charge in [-0.05, 0) is 6.92 Å². The van der Waals surface area contributed by atoms with Crippen LogP contribution in [0.3, 0.4) is 0 Å². The van der Waals surface area contributed by atoms with E-state index >= 15 is 0 Å². The second-order valence-electron chi connectivity index (χ2n) is 5.86. The molecule has 2 aromatic rings. The van der Waals surface area contributed by atoms with E-state index < -0.39 is 0 Å². The van der Waals surface area contributed by atoms with Gasteiger partial charge in [0.25, 0.3) is 0 Å². The number of ether oxygens (including phenoxy) is 1. The summed E-state index contributed by atoms with van der Waals surface area (Å²) >= 11 is 1.70. The van der Waals surface area contributed by atoms with E-state index in [0.29, 0.717) is 0 Å². The van der Waals surface area contributed by atoms with Crippen molar-refractivity contribution in [3.63, 3.8) is 0 Å². The third-order valence-electron chi connectivity index (χ3n) is 4.11. The Morgan fingerprint density at radius 2 is 2.00 bits per heavy atom. The van der Waals surface area contributed by atoms with Gasteiger partial charge in [0.2, 0.25) is 0 Å². The van der Waals surface area contributed by atoms with Gasteiger partial charge in [0.1, 0.15) is 5.01 Å². The van der Waals surface area contributed by atoms with Crippen molar-refractivity contribution in [2.75, 3.05) is 45.9 Å². The van der Waals surface area contributed by atoms with Crippen molar-refractivity contribution in [3.05, 3.63) is 23.5 Å². The predicted octanol–water partition coefficient (Wildman–Crippen LogP) is 1.70. The molecule has 0 spiro atoms. The van der Waals surface area contributed by atoms with E-state index in [1.54, 1.807) is 11.3 Å². The fourth-order valence-corrected chi connectivity index (χ4v) is 3.57. The first-order chi connectivity index (χ1) is 11.2. The van der Waals surface area contributed by atoms with Crippen LogP contribution < -0.4 is 0 Å². The molecule has 126 valence electrons. The molecular weight excluding hydrogens is 310 g/mol. The molecule has 0 bridgehead atoms. The molecule has 0 atom stereocenters. The third-order valence-corrected chi connectivity index (χ3v) is 5.05. The molecule has 0 saturated carbocycles. The Hall–Kier alpha value is -1.28. The largest absolute Gasteiger partial charge is 0.380 e. The van der Waals surface area contributed by atoms with Crippen molar-refractivity contribution in [1.82, 2.24) is 24.6 Å². The zero-order valence-corrected chi connectivity index (χ0v) is 14.8. The van der Waals surface area contributed by atoms with Crippen molar-refractivity contribution in [2.45, 2.75) is 13.5 Å². The highest BCUT2D eigenvalue weighted by Gasteiger charge is 2.17. The van der Waals surface area contributed by atoms with Gasteiger partial charge in [-0.3, -0.25) is 14.5 Å². The van der Waals surface area contributed by atoms with Gasteiger partial charge in [-0.25, -0.2) is 4.98 Å². The fourth-order valence-electron chi connectivity index (χ4n) is 2.78. The fraction of sp³-hybridized carbons (Fsp3) is 0.625. The van der Waals surface area contributed by atoms with E-state index in [1.165, 1.54) is 0 Å². The maximum atomic E-state index is 5.43. The van der Waals surface area contributed by atoms with Crippen molar-refractivity contribution in [3.8, 4) is 10.6 Å². The molecule has 23 heavy (non-hydrogen) atoms. The Kier molecular flexibility index (Phi) is 5.77. The monoisotopic (exact) mass is 335 g/mol. The first kappa shape index (κ1) is 16.6. The van der Waals surface area contributed by atoms with Crippen molar-refractivity contribution in [2.24, 2.45) is 7.05 Å². The minimum atomic E-state index is 0.809. The lowest BCUT2D eigenvalue weighted by Crippen LogP contribution is -2.46. The number of aromatic nitrogens is 3. The van der Waals surface area contributed by atoms with Gasteiger partial charge in [-0.1, -0.05) is 0 Å². The Morgan fingerprint density at radius 1 is 1.22 bits per heavy atom. The molecule has 1 saturated heterocycles. The molecule has 2 aromatic heterocycles. The molecule has 3 rings (SSSR count). The average molecular weight is 335 g/mol. The lowest BCUT2D eigenvalue weighted by molar-refractivity contribution is 0.0783. The van der Waals surface area contributed by atoms with Gasteiger partial charge in [-0.2, -0.15) is 5.10 Å². The number of hydrogen-bond donors (Lipinski definition) is 0. The van der Waals surface area contributed by atoms with Crippen LogP contribution in [-0.4, -0.2) is 70.5 Å². The molecule has 3 heterocycles. The second-order valence-corrected chi connectivity index (χ2v) is 6.72. The summed E-state index contributed by atoms with van der Waals surface area (Å²) in [6.07, 6.45) is 3.89. The van der Waals surface area contributed by atoms with Crippen molar-refractivity contribution < 1.29 is 4.74 Å². The summed E-state index contributed by atoms with van der Waals surface area (Å²) in [5.41, 5.74) is 2.26. The number of thiazole rings is 1. The summed E-state index contributed by atoms with van der Waals surface area (Å²) < 4.78 is 7.25. The highest BCUT2D eigenvalue weighted by Crippen LogP contribution is 2.23. The van der Waals surface area contributed by atoms with Gasteiger partial charge in [0.15, 0.2) is 0 Å². The highest BCUT2D eigenvalue weighted by molar-refractivity contribution is 7.13. The van der Waals surface area contributed by atoms with Gasteiger partial charge >= 0.3 is 0 Å². The molecule has 6 nitrogen and oxygen atoms in total. The Labute approximate surface area is 141 Å². The quantitative estimate of drug-likeness (QED) is 0.721. The zero-order chi connectivity index (χ0) is 16.1. The van der Waals surface area contributed by atoms with Crippen LogP contribution >= 0.6 is 11.3 Å². The third kappa shape index (κ3) is 4.60. The molecule has 1 aliphatic rings. The molecular formula is C16H25N5OS. The topological polar surface area (TPSA) is 46.4 Å². The number of rotatable bonds is 7. The molecule has 7 heteroatoms. The lowest BCUT2D eigenvalue weighted by atomic mass is 10.3. The normalized spacial score (nSPS) is 17.0. The number of hydrogen-bond acceptors (Lipinski definition) is 6. The minimum absolute atomic E-state index is 0.809. The van der Waals surface area contributed by atoms with Gasteiger partial charge in [0.05, 0.1) is 18.5 Å². The Bertz CT molecular complexity index is 603. The average Bonchev–Trinajstić information content (AvgIpc) is 3.18. The zero-order valence-electron chi connectivity index (χ0n) is 13.9. The van der Waals surface area contributed by atoms with Crippen molar-refractivity contribution >= 4 is 11.3 Å². The summed E-state index contributed by atoms with van der Waals surface area (Å²) in [5, 5.41) is 7.44. The van der Waals surface area contributed by atoms with E-state index in [1.807, 2.05) is 31.0 Å². The van der Waals surface area contributed by atoms with Gasteiger partial charge in [-0.15, -0.1) is 11.3 Å². The van der Waals surface area contributed by atoms with Crippen LogP contribution in [0.15, 0.2) is 17.8 Å². The SMILES string of the molecule is CCOCCN1CCN(Cc2csc(-c3cnn(C)c3)n2)CC1. The summed E-state index contributed by atoms with van der Waals surface area (Å²) in [4.78, 5) is 9.72. The number of piperazine rings is 1. The van der Waals surface area contributed by atoms with Gasteiger partial charge < -0.3 is 4.74 Å². The van der Waals surface area contributed by atoms with Gasteiger partial charge in [0, 0.05) is 70.1 Å². The molecule has 0 aromatic carbocycles. The van der Waals surface area contributed by atoms with Crippen LogP contribution in [-0.2, 0) is 18.3 Å². The van der Waals surface area contributed by atoms with E-state index in [2.05, 4.69) is 20.3 Å². The molecule has 0 N–H and O–H groups in total. The van der Waals surface area contributed by atoms with Crippen molar-refractivity contribution in [1.29, 1.82) is 0 Å². The first-order valence-electron chi connectivity index (χ1n) is 8.20. The molecule has 0 radical (unpaired) electrons. The summed E-state index contributed by atoms with van der Waals surface area (Å²) in [7, 11) is 1.93. The van der Waals surface area contributed by atoms with E-state index in [4.69, 9.17) is 9.72 Å². The Balaban J connectivity index is 1.47. The van der Waals surface area contributed by atoms with Crippen LogP contribution in [0, 0.1) is 0 Å². The van der Waals surface area contributed by atoms with Crippen LogP contribution in [0.2, 0.25) is 0 Å². The smallest absolute Gasteiger partial charge is 0.126 e. The maximum Gasteiger partial charge on any atom is 0.126 e. The second kappa shape index (κ2) is 8.01. The lowest BCUT2D eigenvalue weighted by Gasteiger charge is -2.34. The first-order valence-corrected chi connectivity index (χ1v) is 9.08. The molecule has 0 aliphatic carbocycles. The molecule has 1 fully saturated rings. The van der Waals surface area contributed by atoms with Crippen LogP contribution in [0.25, 0.3) is 10.6 Å². The van der Waals surface area contributed by atoms with Crippen LogP contribution in [0.1, 0.15) is 12.6 Å². The van der Waals surface area contributed by atoms with E-state index in [-0.39, 0.29) is 0 Å². The Morgan fingerprint density at radius 3 is 2.70 bits per heavy atom. The highest BCUT2D eigenvalue weighted by atomic mass is 32.1. The standard InChI is InChI=1S/C16H25N5OS/c1-3-22-9-8-20-4-6-21(7-5-20)12-15-13-23-16(18-15)14-10-17-19(2)11-14/h10-11,13H,3-9,12H2,1-2H3. The number of aryl methyl sites for hydroxylation is 1. The molecule has 0 unspecified atom stereocenters. The summed E-state index contributed by atoms with van der Waals surface area (Å²) in [5.74, 6) is 0. The van der Waals surface area contributed by atoms with E-state index in [0.717, 1.165) is 68.7 Å². The predicted molar refractivity (Wildman–Crippen MR) is 92.5 cm³/mol. The number of nitrogens with zero attached hydrogens (tertiary/aromatic N) is 5. The molecule has 1 aliphatic heterocycles. The summed E-state index contributed by atoms with van der Waals surface area (Å²) in [6, 6.07) is 0. The van der Waals surface area contributed by atoms with Crippen LogP contribution in [0.5, 0.6) is 0 Å². The summed E-state index contributed by atoms with van der Waals surface area (Å²) in [6.45, 7) is 10.1.